The predicted octanol–water partition coefficient (Wildman–Crippen LogP) is 2.12. The largest absolute Gasteiger partial charge is 0.384 e. The maximum absolute atomic E-state index is 13.5. The number of hydrogen-bond donors (Lipinski definition) is 1. The van der Waals surface area contributed by atoms with Gasteiger partial charge in [0.1, 0.15) is 11.6 Å². The Morgan fingerprint density at radius 1 is 1.33 bits per heavy atom. The van der Waals surface area contributed by atoms with Crippen LogP contribution in [0.25, 0.3) is 11.3 Å². The molecule has 0 aliphatic rings. The number of rotatable bonds is 1. The van der Waals surface area contributed by atoms with Crippen LogP contribution in [0.1, 0.15) is 5.56 Å². The highest BCUT2D eigenvalue weighted by Crippen LogP contribution is 2.23. The maximum atomic E-state index is 13.5. The second-order valence-corrected chi connectivity index (χ2v) is 3.56. The fourth-order valence-electron chi connectivity index (χ4n) is 1.45. The highest BCUT2D eigenvalue weighted by molar-refractivity contribution is 5.63. The molecule has 3 nitrogen and oxygen atoms in total. The number of nitrogen functional groups attached to an aromatic ring is 1. The number of hydrogen-bond acceptors (Lipinski definition) is 2. The summed E-state index contributed by atoms with van der Waals surface area (Å²) >= 11 is 0. The van der Waals surface area contributed by atoms with E-state index >= 15 is 0 Å². The zero-order chi connectivity index (χ0) is 11.0. The lowest BCUT2D eigenvalue weighted by Crippen LogP contribution is -1.96. The molecule has 78 valence electrons. The average molecular weight is 205 g/mol. The second kappa shape index (κ2) is 3.38. The van der Waals surface area contributed by atoms with Crippen LogP contribution in [-0.4, -0.2) is 9.78 Å². The zero-order valence-corrected chi connectivity index (χ0v) is 8.66. The van der Waals surface area contributed by atoms with E-state index in [9.17, 15) is 4.39 Å². The van der Waals surface area contributed by atoms with Gasteiger partial charge in [-0.05, 0) is 19.1 Å². The number of benzene rings is 1. The molecule has 2 N–H and O–H groups in total. The van der Waals surface area contributed by atoms with Gasteiger partial charge >= 0.3 is 0 Å². The van der Waals surface area contributed by atoms with Crippen LogP contribution < -0.4 is 5.73 Å². The van der Waals surface area contributed by atoms with Crippen LogP contribution in [-0.2, 0) is 7.05 Å². The quantitative estimate of drug-likeness (QED) is 0.774. The van der Waals surface area contributed by atoms with Crippen molar-refractivity contribution >= 4 is 5.82 Å². The van der Waals surface area contributed by atoms with Gasteiger partial charge < -0.3 is 5.73 Å². The van der Waals surface area contributed by atoms with Crippen molar-refractivity contribution in [3.8, 4) is 11.3 Å². The van der Waals surface area contributed by atoms with Gasteiger partial charge in [0.15, 0.2) is 0 Å². The Hall–Kier alpha value is -1.84. The first-order chi connectivity index (χ1) is 7.08. The molecule has 0 spiro atoms. The lowest BCUT2D eigenvalue weighted by Gasteiger charge is -2.00. The molecule has 2 rings (SSSR count). The minimum atomic E-state index is -0.279. The number of aromatic nitrogens is 2. The molecule has 1 aromatic carbocycles. The van der Waals surface area contributed by atoms with E-state index in [-0.39, 0.29) is 5.82 Å². The molecule has 1 aromatic heterocycles. The molecule has 0 fully saturated rings. The minimum Gasteiger partial charge on any atom is -0.384 e. The minimum absolute atomic E-state index is 0.279. The van der Waals surface area contributed by atoms with Crippen molar-refractivity contribution in [3.05, 3.63) is 35.6 Å². The molecule has 2 aromatic rings. The lowest BCUT2D eigenvalue weighted by molar-refractivity contribution is 0.629. The van der Waals surface area contributed by atoms with Crippen molar-refractivity contribution in [2.75, 3.05) is 5.73 Å². The van der Waals surface area contributed by atoms with Crippen LogP contribution in [0.3, 0.4) is 0 Å². The Morgan fingerprint density at radius 2 is 2.07 bits per heavy atom. The Kier molecular flexibility index (Phi) is 2.19. The van der Waals surface area contributed by atoms with Crippen molar-refractivity contribution in [1.29, 1.82) is 0 Å². The topological polar surface area (TPSA) is 43.8 Å². The molecule has 4 heteroatoms. The third kappa shape index (κ3) is 1.70. The molecular formula is C11H12FN3. The van der Waals surface area contributed by atoms with E-state index in [1.54, 1.807) is 25.2 Å². The molecule has 0 aliphatic carbocycles. The summed E-state index contributed by atoms with van der Waals surface area (Å²) in [5, 5.41) is 4.13. The number of anilines is 1. The Bertz CT molecular complexity index is 483. The molecule has 0 atom stereocenters. The number of halogens is 1. The van der Waals surface area contributed by atoms with Gasteiger partial charge in [-0.25, -0.2) is 4.39 Å². The summed E-state index contributed by atoms with van der Waals surface area (Å²) in [7, 11) is 1.73. The van der Waals surface area contributed by atoms with Gasteiger partial charge in [0.25, 0.3) is 0 Å². The van der Waals surface area contributed by atoms with Crippen LogP contribution >= 0.6 is 0 Å². The van der Waals surface area contributed by atoms with E-state index in [2.05, 4.69) is 5.10 Å². The highest BCUT2D eigenvalue weighted by atomic mass is 19.1. The fraction of sp³-hybridized carbons (Fsp3) is 0.182. The number of aryl methyl sites for hydroxylation is 2. The molecule has 1 heterocycles. The molecule has 0 aliphatic heterocycles. The van der Waals surface area contributed by atoms with E-state index < -0.39 is 0 Å². The third-order valence-electron chi connectivity index (χ3n) is 2.31. The maximum Gasteiger partial charge on any atom is 0.132 e. The predicted molar refractivity (Wildman–Crippen MR) is 57.8 cm³/mol. The van der Waals surface area contributed by atoms with Gasteiger partial charge in [-0.3, -0.25) is 4.68 Å². The van der Waals surface area contributed by atoms with Crippen molar-refractivity contribution in [2.24, 2.45) is 7.05 Å². The molecule has 0 unspecified atom stereocenters. The van der Waals surface area contributed by atoms with Gasteiger partial charge in [0, 0.05) is 18.7 Å². The zero-order valence-electron chi connectivity index (χ0n) is 8.66. The van der Waals surface area contributed by atoms with Crippen molar-refractivity contribution in [3.63, 3.8) is 0 Å². The van der Waals surface area contributed by atoms with Crippen molar-refractivity contribution in [2.45, 2.75) is 6.92 Å². The van der Waals surface area contributed by atoms with E-state index in [4.69, 9.17) is 5.73 Å². The second-order valence-electron chi connectivity index (χ2n) is 3.56. The van der Waals surface area contributed by atoms with E-state index in [1.165, 1.54) is 10.7 Å². The summed E-state index contributed by atoms with van der Waals surface area (Å²) in [6, 6.07) is 6.59. The fourth-order valence-corrected chi connectivity index (χ4v) is 1.45. The van der Waals surface area contributed by atoms with Gasteiger partial charge in [-0.15, -0.1) is 0 Å². The number of nitrogens with two attached hydrogens (primary N) is 1. The Balaban J connectivity index is 2.58. The molecule has 15 heavy (non-hydrogen) atoms. The first-order valence-electron chi connectivity index (χ1n) is 4.64. The van der Waals surface area contributed by atoms with Crippen LogP contribution in [0.2, 0.25) is 0 Å². The summed E-state index contributed by atoms with van der Waals surface area (Å²) in [6.07, 6.45) is 0. The SMILES string of the molecule is Cc1ccc(F)c(-c2cc(N)n(C)n2)c1. The summed E-state index contributed by atoms with van der Waals surface area (Å²) < 4.78 is 15.0. The normalized spacial score (nSPS) is 10.6. The molecule has 0 saturated heterocycles. The molecular weight excluding hydrogens is 193 g/mol. The summed E-state index contributed by atoms with van der Waals surface area (Å²) in [5.74, 6) is 0.240. The van der Waals surface area contributed by atoms with Gasteiger partial charge in [-0.2, -0.15) is 5.10 Å². The lowest BCUT2D eigenvalue weighted by atomic mass is 10.1. The van der Waals surface area contributed by atoms with Crippen LogP contribution in [0.4, 0.5) is 10.2 Å². The first kappa shape index (κ1) is 9.71. The highest BCUT2D eigenvalue weighted by Gasteiger charge is 2.09. The van der Waals surface area contributed by atoms with Crippen molar-refractivity contribution in [1.82, 2.24) is 9.78 Å². The molecule has 0 bridgehead atoms. The van der Waals surface area contributed by atoms with Crippen LogP contribution in [0, 0.1) is 12.7 Å². The number of nitrogens with zero attached hydrogens (tertiary/aromatic N) is 2. The molecule has 0 saturated carbocycles. The monoisotopic (exact) mass is 205 g/mol. The van der Waals surface area contributed by atoms with E-state index in [1.807, 2.05) is 6.92 Å². The summed E-state index contributed by atoms with van der Waals surface area (Å²) in [6.45, 7) is 1.91. The smallest absolute Gasteiger partial charge is 0.132 e. The summed E-state index contributed by atoms with van der Waals surface area (Å²) in [5.41, 5.74) is 7.69. The summed E-state index contributed by atoms with van der Waals surface area (Å²) in [4.78, 5) is 0. The first-order valence-corrected chi connectivity index (χ1v) is 4.64. The standard InChI is InChI=1S/C11H12FN3/c1-7-3-4-9(12)8(5-7)10-6-11(13)15(2)14-10/h3-6H,13H2,1-2H3. The Morgan fingerprint density at radius 3 is 2.67 bits per heavy atom. The van der Waals surface area contributed by atoms with Crippen LogP contribution in [0.15, 0.2) is 24.3 Å². The van der Waals surface area contributed by atoms with E-state index in [0.717, 1.165) is 5.56 Å². The average Bonchev–Trinajstić information content (AvgIpc) is 2.51. The van der Waals surface area contributed by atoms with E-state index in [0.29, 0.717) is 17.1 Å². The van der Waals surface area contributed by atoms with Gasteiger partial charge in [0.05, 0.1) is 5.69 Å². The molecule has 0 radical (unpaired) electrons. The third-order valence-corrected chi connectivity index (χ3v) is 2.31. The van der Waals surface area contributed by atoms with Crippen molar-refractivity contribution < 1.29 is 4.39 Å². The Labute approximate surface area is 87.3 Å². The van der Waals surface area contributed by atoms with Gasteiger partial charge in [-0.1, -0.05) is 11.6 Å². The molecule has 0 amide bonds. The van der Waals surface area contributed by atoms with Crippen LogP contribution in [0.5, 0.6) is 0 Å². The van der Waals surface area contributed by atoms with Gasteiger partial charge in [0.2, 0.25) is 0 Å².